The monoisotopic (exact) mass is 473 g/mol. The molecular formula is C22H20ClN3O5S. The van der Waals surface area contributed by atoms with Crippen molar-refractivity contribution in [1.29, 1.82) is 0 Å². The summed E-state index contributed by atoms with van der Waals surface area (Å²) in [4.78, 5) is 28.2. The third-order valence-corrected chi connectivity index (χ3v) is 6.25. The second-order valence-corrected chi connectivity index (χ2v) is 9.05. The zero-order chi connectivity index (χ0) is 23.1. The third kappa shape index (κ3) is 5.91. The Hall–Kier alpha value is -3.27. The van der Waals surface area contributed by atoms with Gasteiger partial charge in [-0.2, -0.15) is 0 Å². The maximum atomic E-state index is 12.5. The van der Waals surface area contributed by atoms with Gasteiger partial charge in [0.2, 0.25) is 0 Å². The van der Waals surface area contributed by atoms with Crippen molar-refractivity contribution in [2.75, 3.05) is 11.9 Å². The maximum absolute atomic E-state index is 12.5. The average Bonchev–Trinajstić information content (AvgIpc) is 2.81. The SMILES string of the molecule is O=C(NCCc1ccc(Cl)cc1)c1ccc(S(=O)(=O)C(=O)Nc2ccc(CO)nc2)cc1. The Morgan fingerprint density at radius 3 is 2.25 bits per heavy atom. The van der Waals surface area contributed by atoms with Crippen LogP contribution in [0, 0.1) is 0 Å². The summed E-state index contributed by atoms with van der Waals surface area (Å²) >= 11 is 5.84. The molecule has 0 aliphatic carbocycles. The molecule has 166 valence electrons. The van der Waals surface area contributed by atoms with Crippen LogP contribution in [0.3, 0.4) is 0 Å². The molecule has 1 aromatic heterocycles. The first kappa shape index (κ1) is 23.4. The van der Waals surface area contributed by atoms with Crippen molar-refractivity contribution in [3.8, 4) is 0 Å². The number of aromatic nitrogens is 1. The van der Waals surface area contributed by atoms with Crippen LogP contribution in [-0.4, -0.2) is 36.2 Å². The summed E-state index contributed by atoms with van der Waals surface area (Å²) in [6.07, 6.45) is 1.86. The molecular weight excluding hydrogens is 454 g/mol. The second kappa shape index (κ2) is 10.4. The number of carbonyl (C=O) groups is 2. The van der Waals surface area contributed by atoms with E-state index in [1.165, 1.54) is 42.6 Å². The highest BCUT2D eigenvalue weighted by Gasteiger charge is 2.25. The Morgan fingerprint density at radius 2 is 1.66 bits per heavy atom. The first-order chi connectivity index (χ1) is 15.3. The molecule has 2 amide bonds. The average molecular weight is 474 g/mol. The summed E-state index contributed by atoms with van der Waals surface area (Å²) < 4.78 is 25.0. The van der Waals surface area contributed by atoms with E-state index in [0.717, 1.165) is 5.56 Å². The third-order valence-electron chi connectivity index (χ3n) is 4.52. The number of rotatable bonds is 7. The fourth-order valence-corrected chi connectivity index (χ4v) is 3.83. The van der Waals surface area contributed by atoms with Crippen LogP contribution >= 0.6 is 11.6 Å². The summed E-state index contributed by atoms with van der Waals surface area (Å²) in [5, 5.41) is 13.4. The van der Waals surface area contributed by atoms with Crippen molar-refractivity contribution in [2.45, 2.75) is 17.9 Å². The van der Waals surface area contributed by atoms with E-state index >= 15 is 0 Å². The Balaban J connectivity index is 1.59. The van der Waals surface area contributed by atoms with E-state index in [2.05, 4.69) is 15.6 Å². The molecule has 3 rings (SSSR count). The summed E-state index contributed by atoms with van der Waals surface area (Å²) in [7, 11) is -4.32. The van der Waals surface area contributed by atoms with E-state index in [9.17, 15) is 18.0 Å². The molecule has 0 aliphatic heterocycles. The van der Waals surface area contributed by atoms with Gasteiger partial charge in [-0.15, -0.1) is 0 Å². The molecule has 32 heavy (non-hydrogen) atoms. The van der Waals surface area contributed by atoms with Gasteiger partial charge in [-0.3, -0.25) is 14.6 Å². The lowest BCUT2D eigenvalue weighted by Gasteiger charge is -2.08. The zero-order valence-corrected chi connectivity index (χ0v) is 18.4. The van der Waals surface area contributed by atoms with E-state index in [4.69, 9.17) is 16.7 Å². The summed E-state index contributed by atoms with van der Waals surface area (Å²) in [5.74, 6) is -0.359. The van der Waals surface area contributed by atoms with Crippen LogP contribution in [0.2, 0.25) is 5.02 Å². The van der Waals surface area contributed by atoms with Crippen molar-refractivity contribution >= 4 is 38.3 Å². The van der Waals surface area contributed by atoms with Crippen molar-refractivity contribution < 1.29 is 23.1 Å². The Labute approximate surface area is 190 Å². The van der Waals surface area contributed by atoms with Gasteiger partial charge in [0.05, 0.1) is 29.1 Å². The molecule has 0 unspecified atom stereocenters. The second-order valence-electron chi connectivity index (χ2n) is 6.77. The number of nitrogens with zero attached hydrogens (tertiary/aromatic N) is 1. The fraction of sp³-hybridized carbons (Fsp3) is 0.136. The molecule has 3 aromatic rings. The van der Waals surface area contributed by atoms with Crippen molar-refractivity contribution in [2.24, 2.45) is 0 Å². The Kier molecular flexibility index (Phi) is 7.57. The van der Waals surface area contributed by atoms with Crippen LogP contribution in [-0.2, 0) is 22.9 Å². The number of sulfone groups is 1. The molecule has 0 aliphatic rings. The van der Waals surface area contributed by atoms with Gasteiger partial charge in [0.15, 0.2) is 0 Å². The van der Waals surface area contributed by atoms with Gasteiger partial charge >= 0.3 is 5.24 Å². The number of anilines is 1. The minimum absolute atomic E-state index is 0.174. The first-order valence-electron chi connectivity index (χ1n) is 9.54. The van der Waals surface area contributed by atoms with Crippen LogP contribution in [0.5, 0.6) is 0 Å². The van der Waals surface area contributed by atoms with Crippen LogP contribution in [0.25, 0.3) is 0 Å². The minimum Gasteiger partial charge on any atom is -0.390 e. The number of benzene rings is 2. The molecule has 0 saturated heterocycles. The largest absolute Gasteiger partial charge is 0.390 e. The lowest BCUT2D eigenvalue weighted by atomic mass is 10.1. The lowest BCUT2D eigenvalue weighted by molar-refractivity contribution is 0.0954. The van der Waals surface area contributed by atoms with Gasteiger partial charge in [0.1, 0.15) is 0 Å². The minimum atomic E-state index is -4.32. The molecule has 3 N–H and O–H groups in total. The number of aliphatic hydroxyl groups is 1. The van der Waals surface area contributed by atoms with Gasteiger partial charge < -0.3 is 15.7 Å². The van der Waals surface area contributed by atoms with E-state index in [1.54, 1.807) is 12.1 Å². The van der Waals surface area contributed by atoms with Crippen molar-refractivity contribution in [1.82, 2.24) is 10.3 Å². The predicted molar refractivity (Wildman–Crippen MR) is 120 cm³/mol. The van der Waals surface area contributed by atoms with E-state index in [-0.39, 0.29) is 28.7 Å². The number of pyridine rings is 1. The van der Waals surface area contributed by atoms with Crippen LogP contribution in [0.4, 0.5) is 10.5 Å². The molecule has 0 bridgehead atoms. The number of carbonyl (C=O) groups excluding carboxylic acids is 2. The molecule has 0 saturated carbocycles. The zero-order valence-electron chi connectivity index (χ0n) is 16.8. The number of hydrogen-bond donors (Lipinski definition) is 3. The summed E-state index contributed by atoms with van der Waals surface area (Å²) in [5.41, 5.74) is 1.84. The van der Waals surface area contributed by atoms with Crippen molar-refractivity contribution in [3.05, 3.63) is 88.7 Å². The predicted octanol–water partition coefficient (Wildman–Crippen LogP) is 3.21. The first-order valence-corrected chi connectivity index (χ1v) is 11.4. The molecule has 0 atom stereocenters. The summed E-state index contributed by atoms with van der Waals surface area (Å²) in [6.45, 7) is 0.125. The smallest absolute Gasteiger partial charge is 0.345 e. The quantitative estimate of drug-likeness (QED) is 0.483. The summed E-state index contributed by atoms with van der Waals surface area (Å²) in [6, 6.07) is 15.3. The molecule has 2 aromatic carbocycles. The normalized spacial score (nSPS) is 11.1. The molecule has 8 nitrogen and oxygen atoms in total. The number of amides is 2. The van der Waals surface area contributed by atoms with E-state index < -0.39 is 15.1 Å². The number of halogens is 1. The Morgan fingerprint density at radius 1 is 0.969 bits per heavy atom. The maximum Gasteiger partial charge on any atom is 0.345 e. The topological polar surface area (TPSA) is 125 Å². The van der Waals surface area contributed by atoms with Crippen LogP contribution in [0.15, 0.2) is 71.8 Å². The standard InChI is InChI=1S/C22H20ClN3O5S/c23-17-5-1-15(2-6-17)11-12-24-21(28)16-3-9-20(10-4-16)32(30,31)22(29)26-18-7-8-19(14-27)25-13-18/h1-10,13,27H,11-12,14H2,(H,24,28)(H,26,29). The van der Waals surface area contributed by atoms with Gasteiger partial charge in [-0.1, -0.05) is 23.7 Å². The van der Waals surface area contributed by atoms with Gasteiger partial charge in [0, 0.05) is 17.1 Å². The number of aliphatic hydroxyl groups excluding tert-OH is 1. The Bertz CT molecular complexity index is 1200. The van der Waals surface area contributed by atoms with Gasteiger partial charge in [0.25, 0.3) is 15.7 Å². The van der Waals surface area contributed by atoms with Crippen LogP contribution < -0.4 is 10.6 Å². The van der Waals surface area contributed by atoms with Crippen molar-refractivity contribution in [3.63, 3.8) is 0 Å². The van der Waals surface area contributed by atoms with Gasteiger partial charge in [-0.25, -0.2) is 8.42 Å². The highest BCUT2D eigenvalue weighted by molar-refractivity contribution is 8.06. The number of nitrogens with one attached hydrogen (secondary N) is 2. The van der Waals surface area contributed by atoms with Gasteiger partial charge in [-0.05, 0) is 60.5 Å². The fourth-order valence-electron chi connectivity index (χ4n) is 2.74. The molecule has 0 fully saturated rings. The highest BCUT2D eigenvalue weighted by Crippen LogP contribution is 2.16. The highest BCUT2D eigenvalue weighted by atomic mass is 35.5. The van der Waals surface area contributed by atoms with E-state index in [0.29, 0.717) is 23.7 Å². The molecule has 0 radical (unpaired) electrons. The van der Waals surface area contributed by atoms with E-state index in [1.807, 2.05) is 12.1 Å². The molecule has 1 heterocycles. The van der Waals surface area contributed by atoms with Crippen LogP contribution in [0.1, 0.15) is 21.6 Å². The molecule has 10 heteroatoms. The molecule has 0 spiro atoms. The number of hydrogen-bond acceptors (Lipinski definition) is 6. The lowest BCUT2D eigenvalue weighted by Crippen LogP contribution is -2.26.